The summed E-state index contributed by atoms with van der Waals surface area (Å²) >= 11 is 0. The number of carbonyl (C=O) groups is 2. The monoisotopic (exact) mass is 294 g/mol. The van der Waals surface area contributed by atoms with Crippen LogP contribution in [0.1, 0.15) is 44.3 Å². The average Bonchev–Trinajstić information content (AvgIpc) is 2.96. The van der Waals surface area contributed by atoms with Crippen molar-refractivity contribution in [3.05, 3.63) is 24.2 Å². The number of carbonyl (C=O) groups excluding carboxylic acids is 1. The van der Waals surface area contributed by atoms with Crippen molar-refractivity contribution in [2.24, 2.45) is 5.41 Å². The molecule has 0 saturated heterocycles. The third-order valence-electron chi connectivity index (χ3n) is 4.07. The summed E-state index contributed by atoms with van der Waals surface area (Å²) in [5, 5.41) is 14.6. The molecule has 6 heteroatoms. The maximum Gasteiger partial charge on any atom is 0.315 e. The van der Waals surface area contributed by atoms with E-state index in [4.69, 9.17) is 9.52 Å². The zero-order chi connectivity index (χ0) is 15.1. The van der Waals surface area contributed by atoms with Crippen molar-refractivity contribution in [3.63, 3.8) is 0 Å². The molecule has 0 atom stereocenters. The molecule has 3 N–H and O–H groups in total. The number of carboxylic acid groups (broad SMARTS) is 1. The van der Waals surface area contributed by atoms with Crippen molar-refractivity contribution in [1.29, 1.82) is 0 Å². The van der Waals surface area contributed by atoms with Crippen molar-refractivity contribution in [2.45, 2.75) is 45.1 Å². The van der Waals surface area contributed by atoms with Crippen molar-refractivity contribution < 1.29 is 19.1 Å². The highest BCUT2D eigenvalue weighted by Crippen LogP contribution is 2.38. The van der Waals surface area contributed by atoms with E-state index in [1.165, 1.54) is 0 Å². The number of carboxylic acids is 1. The molecule has 0 unspecified atom stereocenters. The van der Waals surface area contributed by atoms with Gasteiger partial charge in [0.15, 0.2) is 0 Å². The van der Waals surface area contributed by atoms with Crippen molar-refractivity contribution >= 4 is 12.0 Å². The minimum atomic E-state index is -0.797. The van der Waals surface area contributed by atoms with Gasteiger partial charge >= 0.3 is 12.0 Å². The second-order valence-electron chi connectivity index (χ2n) is 5.75. The molecule has 0 aliphatic heterocycles. The number of nitrogens with one attached hydrogen (secondary N) is 2. The highest BCUT2D eigenvalue weighted by molar-refractivity contribution is 5.74. The van der Waals surface area contributed by atoms with Gasteiger partial charge in [0.2, 0.25) is 0 Å². The first-order chi connectivity index (χ1) is 10.1. The Morgan fingerprint density at radius 3 is 2.62 bits per heavy atom. The van der Waals surface area contributed by atoms with Gasteiger partial charge in [-0.15, -0.1) is 0 Å². The van der Waals surface area contributed by atoms with Gasteiger partial charge in [-0.25, -0.2) is 4.79 Å². The molecule has 1 aromatic rings. The van der Waals surface area contributed by atoms with E-state index in [-0.39, 0.29) is 17.9 Å². The average molecular weight is 294 g/mol. The van der Waals surface area contributed by atoms with Crippen LogP contribution in [0.4, 0.5) is 4.79 Å². The van der Waals surface area contributed by atoms with E-state index in [0.717, 1.165) is 32.1 Å². The maximum atomic E-state index is 11.8. The summed E-state index contributed by atoms with van der Waals surface area (Å²) in [6.07, 6.45) is 6.60. The largest absolute Gasteiger partial charge is 0.481 e. The lowest BCUT2D eigenvalue weighted by molar-refractivity contribution is -0.140. The second kappa shape index (κ2) is 7.15. The van der Waals surface area contributed by atoms with Crippen LogP contribution >= 0.6 is 0 Å². The number of rotatable bonds is 6. The van der Waals surface area contributed by atoms with Gasteiger partial charge in [-0.1, -0.05) is 19.3 Å². The van der Waals surface area contributed by atoms with E-state index in [9.17, 15) is 9.59 Å². The Labute approximate surface area is 123 Å². The SMILES string of the molecule is O=C(O)CC1(CNC(=O)NCc2ccco2)CCCCC1. The quantitative estimate of drug-likeness (QED) is 0.751. The highest BCUT2D eigenvalue weighted by atomic mass is 16.4. The number of furan rings is 1. The number of hydrogen-bond acceptors (Lipinski definition) is 3. The van der Waals surface area contributed by atoms with Crippen LogP contribution in [0.15, 0.2) is 22.8 Å². The summed E-state index contributed by atoms with van der Waals surface area (Å²) in [5.41, 5.74) is -0.299. The highest BCUT2D eigenvalue weighted by Gasteiger charge is 2.34. The zero-order valence-electron chi connectivity index (χ0n) is 12.1. The van der Waals surface area contributed by atoms with Crippen molar-refractivity contribution in [3.8, 4) is 0 Å². The minimum Gasteiger partial charge on any atom is -0.481 e. The van der Waals surface area contributed by atoms with Gasteiger partial charge in [0.05, 0.1) is 19.2 Å². The smallest absolute Gasteiger partial charge is 0.315 e. The molecule has 0 radical (unpaired) electrons. The topological polar surface area (TPSA) is 91.6 Å². The van der Waals surface area contributed by atoms with Gasteiger partial charge in [-0.3, -0.25) is 4.79 Å². The number of urea groups is 1. The second-order valence-corrected chi connectivity index (χ2v) is 5.75. The normalized spacial score (nSPS) is 17.1. The molecule has 6 nitrogen and oxygen atoms in total. The van der Waals surface area contributed by atoms with Crippen LogP contribution in [0.5, 0.6) is 0 Å². The third-order valence-corrected chi connectivity index (χ3v) is 4.07. The van der Waals surface area contributed by atoms with Crippen LogP contribution in [0.25, 0.3) is 0 Å². The van der Waals surface area contributed by atoms with Crippen LogP contribution in [0.3, 0.4) is 0 Å². The summed E-state index contributed by atoms with van der Waals surface area (Å²) in [6, 6.07) is 3.26. The Kier molecular flexibility index (Phi) is 5.25. The van der Waals surface area contributed by atoms with Gasteiger partial charge in [0.1, 0.15) is 5.76 Å². The van der Waals surface area contributed by atoms with Gasteiger partial charge in [-0.05, 0) is 30.4 Å². The number of amides is 2. The predicted molar refractivity (Wildman–Crippen MR) is 76.7 cm³/mol. The van der Waals surface area contributed by atoms with E-state index in [2.05, 4.69) is 10.6 Å². The molecule has 1 aromatic heterocycles. The standard InChI is InChI=1S/C15H22N2O4/c18-13(19)9-15(6-2-1-3-7-15)11-17-14(20)16-10-12-5-4-8-21-12/h4-5,8H,1-3,6-7,9-11H2,(H,18,19)(H2,16,17,20). The van der Waals surface area contributed by atoms with Crippen molar-refractivity contribution in [2.75, 3.05) is 6.54 Å². The Hall–Kier alpha value is -1.98. The minimum absolute atomic E-state index is 0.117. The molecule has 116 valence electrons. The first-order valence-electron chi connectivity index (χ1n) is 7.36. The lowest BCUT2D eigenvalue weighted by Crippen LogP contribution is -2.44. The Bertz CT molecular complexity index is 464. The summed E-state index contributed by atoms with van der Waals surface area (Å²) < 4.78 is 5.13. The van der Waals surface area contributed by atoms with E-state index in [1.807, 2.05) is 0 Å². The zero-order valence-corrected chi connectivity index (χ0v) is 12.1. The molecule has 0 bridgehead atoms. The van der Waals surface area contributed by atoms with Gasteiger partial charge in [0.25, 0.3) is 0 Å². The number of aliphatic carboxylic acids is 1. The molecule has 2 amide bonds. The molecule has 1 saturated carbocycles. The first kappa shape index (κ1) is 15.4. The Morgan fingerprint density at radius 1 is 1.24 bits per heavy atom. The molecule has 1 aliphatic rings. The Morgan fingerprint density at radius 2 is 2.00 bits per heavy atom. The fourth-order valence-electron chi connectivity index (χ4n) is 2.95. The molecule has 2 rings (SSSR count). The first-order valence-corrected chi connectivity index (χ1v) is 7.36. The number of hydrogen-bond donors (Lipinski definition) is 3. The molecular formula is C15H22N2O4. The molecule has 1 fully saturated rings. The van der Waals surface area contributed by atoms with Crippen LogP contribution < -0.4 is 10.6 Å². The molecule has 0 aromatic carbocycles. The van der Waals surface area contributed by atoms with Crippen LogP contribution in [0, 0.1) is 5.41 Å². The summed E-state index contributed by atoms with van der Waals surface area (Å²) in [7, 11) is 0. The predicted octanol–water partition coefficient (Wildman–Crippen LogP) is 2.50. The van der Waals surface area contributed by atoms with E-state index < -0.39 is 5.97 Å². The molecular weight excluding hydrogens is 272 g/mol. The Balaban J connectivity index is 1.80. The fraction of sp³-hybridized carbons (Fsp3) is 0.600. The van der Waals surface area contributed by atoms with Crippen LogP contribution in [-0.2, 0) is 11.3 Å². The van der Waals surface area contributed by atoms with Gasteiger partial charge in [0, 0.05) is 6.54 Å². The lowest BCUT2D eigenvalue weighted by atomic mass is 9.72. The van der Waals surface area contributed by atoms with Crippen LogP contribution in [-0.4, -0.2) is 23.7 Å². The molecule has 0 spiro atoms. The molecule has 21 heavy (non-hydrogen) atoms. The van der Waals surface area contributed by atoms with E-state index in [1.54, 1.807) is 18.4 Å². The summed E-state index contributed by atoms with van der Waals surface area (Å²) in [5.74, 6) is -0.113. The van der Waals surface area contributed by atoms with Crippen molar-refractivity contribution in [1.82, 2.24) is 10.6 Å². The summed E-state index contributed by atoms with van der Waals surface area (Å²) in [4.78, 5) is 22.9. The molecule has 1 aliphatic carbocycles. The van der Waals surface area contributed by atoms with Crippen LogP contribution in [0.2, 0.25) is 0 Å². The van der Waals surface area contributed by atoms with Gasteiger partial charge < -0.3 is 20.2 Å². The van der Waals surface area contributed by atoms with Gasteiger partial charge in [-0.2, -0.15) is 0 Å². The third kappa shape index (κ3) is 4.81. The van der Waals surface area contributed by atoms with E-state index in [0.29, 0.717) is 18.8 Å². The maximum absolute atomic E-state index is 11.8. The fourth-order valence-corrected chi connectivity index (χ4v) is 2.95. The van der Waals surface area contributed by atoms with E-state index >= 15 is 0 Å². The lowest BCUT2D eigenvalue weighted by Gasteiger charge is -2.36. The molecule has 1 heterocycles. The summed E-state index contributed by atoms with van der Waals surface area (Å²) in [6.45, 7) is 0.730.